The van der Waals surface area contributed by atoms with Gasteiger partial charge >= 0.3 is 0 Å². The molecule has 0 saturated carbocycles. The van der Waals surface area contributed by atoms with Crippen molar-refractivity contribution in [2.45, 2.75) is 19.4 Å². The molecule has 1 N–H and O–H groups in total. The van der Waals surface area contributed by atoms with Crippen molar-refractivity contribution in [3.8, 4) is 17.2 Å². The maximum Gasteiger partial charge on any atom is 0.225 e. The molecule has 32 heavy (non-hydrogen) atoms. The fraction of sp³-hybridized carbons (Fsp3) is 0.292. The van der Waals surface area contributed by atoms with Gasteiger partial charge in [-0.15, -0.1) is 0 Å². The number of carbonyl (C=O) groups is 2. The molecule has 1 atom stereocenters. The van der Waals surface area contributed by atoms with E-state index in [9.17, 15) is 9.59 Å². The van der Waals surface area contributed by atoms with Gasteiger partial charge in [-0.3, -0.25) is 9.59 Å². The third-order valence-electron chi connectivity index (χ3n) is 5.17. The summed E-state index contributed by atoms with van der Waals surface area (Å²) in [5, 5.41) is 3.05. The molecule has 0 radical (unpaired) electrons. The van der Waals surface area contributed by atoms with Crippen LogP contribution < -0.4 is 19.5 Å². The van der Waals surface area contributed by atoms with Crippen molar-refractivity contribution in [1.82, 2.24) is 14.9 Å². The zero-order valence-electron chi connectivity index (χ0n) is 18.8. The van der Waals surface area contributed by atoms with Gasteiger partial charge in [-0.2, -0.15) is 0 Å². The van der Waals surface area contributed by atoms with Crippen molar-refractivity contribution in [2.75, 3.05) is 21.3 Å². The Morgan fingerprint density at radius 1 is 1.03 bits per heavy atom. The predicted octanol–water partition coefficient (Wildman–Crippen LogP) is 3.10. The van der Waals surface area contributed by atoms with E-state index in [2.05, 4.69) is 10.3 Å². The van der Waals surface area contributed by atoms with E-state index >= 15 is 0 Å². The fourth-order valence-corrected chi connectivity index (χ4v) is 3.47. The molecule has 0 spiro atoms. The number of ketones is 1. The topological polar surface area (TPSA) is 91.7 Å². The number of Topliss-reactive ketones (excluding diaryl/α,β-unsaturated/α-hetero) is 1. The molecule has 2 aromatic carbocycles. The number of aryl methyl sites for hydroxylation is 1. The lowest BCUT2D eigenvalue weighted by atomic mass is 10.0. The van der Waals surface area contributed by atoms with Gasteiger partial charge in [0, 0.05) is 36.6 Å². The summed E-state index contributed by atoms with van der Waals surface area (Å²) in [6.45, 7) is 1.49. The van der Waals surface area contributed by atoms with E-state index < -0.39 is 6.04 Å². The highest BCUT2D eigenvalue weighted by atomic mass is 16.5. The molecule has 3 aromatic rings. The zero-order valence-corrected chi connectivity index (χ0v) is 18.8. The van der Waals surface area contributed by atoms with E-state index in [0.29, 0.717) is 34.2 Å². The van der Waals surface area contributed by atoms with E-state index in [0.717, 1.165) is 5.56 Å². The third-order valence-corrected chi connectivity index (χ3v) is 5.17. The number of nitrogens with one attached hydrogen (secondary N) is 1. The van der Waals surface area contributed by atoms with Gasteiger partial charge in [0.1, 0.15) is 29.1 Å². The number of ether oxygens (including phenoxy) is 3. The molecular weight excluding hydrogens is 410 g/mol. The standard InChI is InChI=1S/C24H27N3O5/c1-15(28)16-6-7-21(32-5)17(10-16)13-22(29)26-23(24-25-8-9-27(24)2)18-11-19(30-3)14-20(12-18)31-4/h6-12,14,23H,13H2,1-5H3,(H,26,29). The molecule has 1 amide bonds. The van der Waals surface area contributed by atoms with Crippen LogP contribution in [-0.2, 0) is 18.3 Å². The molecule has 0 aliphatic rings. The minimum atomic E-state index is -0.548. The minimum Gasteiger partial charge on any atom is -0.497 e. The molecule has 8 nitrogen and oxygen atoms in total. The molecule has 0 aliphatic heterocycles. The number of benzene rings is 2. The number of aromatic nitrogens is 2. The van der Waals surface area contributed by atoms with Crippen LogP contribution >= 0.6 is 0 Å². The summed E-state index contributed by atoms with van der Waals surface area (Å²) in [7, 11) is 6.53. The lowest BCUT2D eigenvalue weighted by molar-refractivity contribution is -0.121. The summed E-state index contributed by atoms with van der Waals surface area (Å²) in [5.74, 6) is 2.06. The highest BCUT2D eigenvalue weighted by Gasteiger charge is 2.23. The summed E-state index contributed by atoms with van der Waals surface area (Å²) in [6.07, 6.45) is 3.52. The average molecular weight is 437 g/mol. The number of rotatable bonds is 9. The second kappa shape index (κ2) is 10.00. The number of imidazole rings is 1. The summed E-state index contributed by atoms with van der Waals surface area (Å²) in [5.41, 5.74) is 1.90. The normalized spacial score (nSPS) is 11.5. The van der Waals surface area contributed by atoms with Gasteiger partial charge in [-0.1, -0.05) is 0 Å². The minimum absolute atomic E-state index is 0.0340. The highest BCUT2D eigenvalue weighted by Crippen LogP contribution is 2.30. The molecule has 0 fully saturated rings. The SMILES string of the molecule is COc1cc(OC)cc(C(NC(=O)Cc2cc(C(C)=O)ccc2OC)c2nccn2C)c1. The van der Waals surface area contributed by atoms with Gasteiger partial charge in [-0.05, 0) is 42.8 Å². The van der Waals surface area contributed by atoms with Crippen LogP contribution in [0.2, 0.25) is 0 Å². The van der Waals surface area contributed by atoms with Crippen LogP contribution in [0.25, 0.3) is 0 Å². The van der Waals surface area contributed by atoms with E-state index in [1.807, 2.05) is 29.9 Å². The first kappa shape index (κ1) is 22.9. The smallest absolute Gasteiger partial charge is 0.225 e. The van der Waals surface area contributed by atoms with Gasteiger partial charge < -0.3 is 24.1 Å². The number of carbonyl (C=O) groups excluding carboxylic acids is 2. The van der Waals surface area contributed by atoms with Crippen molar-refractivity contribution < 1.29 is 23.8 Å². The number of amides is 1. The largest absolute Gasteiger partial charge is 0.497 e. The fourth-order valence-electron chi connectivity index (χ4n) is 3.47. The van der Waals surface area contributed by atoms with Crippen LogP contribution in [0.3, 0.4) is 0 Å². The highest BCUT2D eigenvalue weighted by molar-refractivity contribution is 5.94. The van der Waals surface area contributed by atoms with E-state index in [1.54, 1.807) is 44.7 Å². The maximum absolute atomic E-state index is 13.1. The summed E-state index contributed by atoms with van der Waals surface area (Å²) in [6, 6.07) is 9.94. The van der Waals surface area contributed by atoms with Gasteiger partial charge in [0.15, 0.2) is 5.78 Å². The van der Waals surface area contributed by atoms with Crippen LogP contribution in [0.5, 0.6) is 17.2 Å². The molecule has 0 saturated heterocycles. The second-order valence-electron chi connectivity index (χ2n) is 7.30. The van der Waals surface area contributed by atoms with Gasteiger partial charge in [-0.25, -0.2) is 4.98 Å². The molecular formula is C24H27N3O5. The molecule has 0 aliphatic carbocycles. The van der Waals surface area contributed by atoms with Crippen LogP contribution in [0.1, 0.15) is 40.3 Å². The Balaban J connectivity index is 1.95. The number of hydrogen-bond acceptors (Lipinski definition) is 6. The molecule has 3 rings (SSSR count). The Morgan fingerprint density at radius 2 is 1.72 bits per heavy atom. The lowest BCUT2D eigenvalue weighted by Crippen LogP contribution is -2.32. The van der Waals surface area contributed by atoms with E-state index in [4.69, 9.17) is 14.2 Å². The maximum atomic E-state index is 13.1. The first-order valence-electron chi connectivity index (χ1n) is 10.0. The summed E-state index contributed by atoms with van der Waals surface area (Å²) >= 11 is 0. The summed E-state index contributed by atoms with van der Waals surface area (Å²) in [4.78, 5) is 29.3. The number of nitrogens with zero attached hydrogens (tertiary/aromatic N) is 2. The monoisotopic (exact) mass is 437 g/mol. The van der Waals surface area contributed by atoms with Crippen molar-refractivity contribution in [1.29, 1.82) is 0 Å². The van der Waals surface area contributed by atoms with Gasteiger partial charge in [0.25, 0.3) is 0 Å². The van der Waals surface area contributed by atoms with Crippen molar-refractivity contribution >= 4 is 11.7 Å². The molecule has 0 bridgehead atoms. The van der Waals surface area contributed by atoms with Crippen LogP contribution in [-0.4, -0.2) is 42.6 Å². The zero-order chi connectivity index (χ0) is 23.3. The molecule has 1 heterocycles. The number of hydrogen-bond donors (Lipinski definition) is 1. The Hall–Kier alpha value is -3.81. The second-order valence-corrected chi connectivity index (χ2v) is 7.30. The molecule has 1 unspecified atom stereocenters. The predicted molar refractivity (Wildman–Crippen MR) is 119 cm³/mol. The van der Waals surface area contributed by atoms with Gasteiger partial charge in [0.05, 0.1) is 27.8 Å². The average Bonchev–Trinajstić information content (AvgIpc) is 3.22. The Morgan fingerprint density at radius 3 is 2.25 bits per heavy atom. The molecule has 1 aromatic heterocycles. The lowest BCUT2D eigenvalue weighted by Gasteiger charge is -2.21. The van der Waals surface area contributed by atoms with Crippen molar-refractivity contribution in [2.24, 2.45) is 7.05 Å². The first-order chi connectivity index (χ1) is 15.4. The van der Waals surface area contributed by atoms with E-state index in [1.165, 1.54) is 14.0 Å². The molecule has 168 valence electrons. The Bertz CT molecular complexity index is 1100. The molecule has 8 heteroatoms. The first-order valence-corrected chi connectivity index (χ1v) is 10.0. The number of methoxy groups -OCH3 is 3. The Kier molecular flexibility index (Phi) is 7.14. The van der Waals surface area contributed by atoms with Crippen LogP contribution in [0.15, 0.2) is 48.8 Å². The van der Waals surface area contributed by atoms with Crippen molar-refractivity contribution in [3.63, 3.8) is 0 Å². The van der Waals surface area contributed by atoms with Gasteiger partial charge in [0.2, 0.25) is 5.91 Å². The van der Waals surface area contributed by atoms with Crippen LogP contribution in [0, 0.1) is 0 Å². The van der Waals surface area contributed by atoms with E-state index in [-0.39, 0.29) is 18.1 Å². The van der Waals surface area contributed by atoms with Crippen molar-refractivity contribution in [3.05, 3.63) is 71.3 Å². The van der Waals surface area contributed by atoms with Crippen LogP contribution in [0.4, 0.5) is 0 Å². The third kappa shape index (κ3) is 5.08. The Labute approximate surface area is 187 Å². The quantitative estimate of drug-likeness (QED) is 0.517. The summed E-state index contributed by atoms with van der Waals surface area (Å²) < 4.78 is 18.0.